The molecule has 0 radical (unpaired) electrons. The maximum absolute atomic E-state index is 13.2. The van der Waals surface area contributed by atoms with Gasteiger partial charge in [0.05, 0.1) is 15.5 Å². The molecule has 0 fully saturated rings. The average molecular weight is 321 g/mol. The molecule has 1 aromatic carbocycles. The van der Waals surface area contributed by atoms with Crippen molar-refractivity contribution in [2.45, 2.75) is 19.4 Å². The van der Waals surface area contributed by atoms with E-state index in [9.17, 15) is 19.3 Å². The van der Waals surface area contributed by atoms with Crippen LogP contribution in [0.15, 0.2) is 16.6 Å². The lowest BCUT2D eigenvalue weighted by Crippen LogP contribution is -2.28. The fourth-order valence-corrected chi connectivity index (χ4v) is 1.67. The Bertz CT molecular complexity index is 495. The second-order valence-electron chi connectivity index (χ2n) is 3.48. The molecule has 18 heavy (non-hydrogen) atoms. The lowest BCUT2D eigenvalue weighted by molar-refractivity contribution is -0.384. The third-order valence-electron chi connectivity index (χ3n) is 2.27. The van der Waals surface area contributed by atoms with Crippen LogP contribution in [0.1, 0.15) is 13.3 Å². The molecule has 0 aliphatic carbocycles. The normalized spacial score (nSPS) is 11.9. The van der Waals surface area contributed by atoms with E-state index in [1.54, 1.807) is 6.92 Å². The van der Waals surface area contributed by atoms with E-state index in [0.29, 0.717) is 0 Å². The number of nitro groups is 1. The van der Waals surface area contributed by atoms with Crippen LogP contribution in [-0.2, 0) is 4.79 Å². The molecule has 0 aromatic heterocycles. The Kier molecular flexibility index (Phi) is 4.60. The first-order valence-electron chi connectivity index (χ1n) is 4.99. The highest BCUT2D eigenvalue weighted by molar-refractivity contribution is 9.10. The van der Waals surface area contributed by atoms with E-state index in [0.717, 1.165) is 12.1 Å². The van der Waals surface area contributed by atoms with Crippen LogP contribution in [0.2, 0.25) is 0 Å². The van der Waals surface area contributed by atoms with E-state index in [1.165, 1.54) is 0 Å². The van der Waals surface area contributed by atoms with Gasteiger partial charge in [-0.25, -0.2) is 9.18 Å². The Morgan fingerprint density at radius 1 is 1.67 bits per heavy atom. The number of anilines is 1. The van der Waals surface area contributed by atoms with Crippen molar-refractivity contribution in [1.82, 2.24) is 0 Å². The van der Waals surface area contributed by atoms with E-state index in [2.05, 4.69) is 21.2 Å². The third-order valence-corrected chi connectivity index (χ3v) is 2.88. The summed E-state index contributed by atoms with van der Waals surface area (Å²) >= 11 is 2.89. The largest absolute Gasteiger partial charge is 0.480 e. The van der Waals surface area contributed by atoms with E-state index < -0.39 is 28.4 Å². The summed E-state index contributed by atoms with van der Waals surface area (Å²) in [5.74, 6) is -1.91. The molecule has 0 saturated carbocycles. The summed E-state index contributed by atoms with van der Waals surface area (Å²) in [4.78, 5) is 20.8. The van der Waals surface area contributed by atoms with Gasteiger partial charge >= 0.3 is 5.97 Å². The number of hydrogen-bond donors (Lipinski definition) is 2. The van der Waals surface area contributed by atoms with Crippen LogP contribution in [0.25, 0.3) is 0 Å². The van der Waals surface area contributed by atoms with E-state index in [-0.39, 0.29) is 16.6 Å². The van der Waals surface area contributed by atoms with Crippen LogP contribution in [0.3, 0.4) is 0 Å². The number of carboxylic acids is 1. The first-order valence-corrected chi connectivity index (χ1v) is 5.78. The minimum atomic E-state index is -1.13. The van der Waals surface area contributed by atoms with Crippen LogP contribution in [0.5, 0.6) is 0 Å². The number of benzene rings is 1. The zero-order valence-electron chi connectivity index (χ0n) is 9.31. The molecule has 0 aliphatic heterocycles. The number of nitrogens with zero attached hydrogens (tertiary/aromatic N) is 1. The maximum Gasteiger partial charge on any atom is 0.326 e. The van der Waals surface area contributed by atoms with Crippen molar-refractivity contribution in [1.29, 1.82) is 0 Å². The first kappa shape index (κ1) is 14.4. The fraction of sp³-hybridized carbons (Fsp3) is 0.300. The molecular formula is C10H10BrFN2O4. The number of nitro benzene ring substituents is 1. The zero-order chi connectivity index (χ0) is 13.9. The van der Waals surface area contributed by atoms with Crippen LogP contribution in [-0.4, -0.2) is 22.0 Å². The molecule has 0 aliphatic rings. The molecule has 1 unspecified atom stereocenters. The van der Waals surface area contributed by atoms with Gasteiger partial charge in [0.25, 0.3) is 5.69 Å². The molecule has 2 N–H and O–H groups in total. The standard InChI is InChI=1S/C10H10BrFN2O4/c1-2-7(10(15)16)13-8-3-5(11)6(12)4-9(8)14(17)18/h3-4,7,13H,2H2,1H3,(H,15,16). The van der Waals surface area contributed by atoms with Gasteiger partial charge in [-0.1, -0.05) is 6.92 Å². The Morgan fingerprint density at radius 2 is 2.28 bits per heavy atom. The van der Waals surface area contributed by atoms with E-state index in [1.807, 2.05) is 0 Å². The number of aliphatic carboxylic acids is 1. The fourth-order valence-electron chi connectivity index (χ4n) is 1.33. The van der Waals surface area contributed by atoms with Crippen LogP contribution < -0.4 is 5.32 Å². The van der Waals surface area contributed by atoms with Gasteiger partial charge in [0.15, 0.2) is 0 Å². The SMILES string of the molecule is CCC(Nc1cc(Br)c(F)cc1[N+](=O)[O-])C(=O)O. The average Bonchev–Trinajstić information content (AvgIpc) is 2.29. The van der Waals surface area contributed by atoms with Crippen molar-refractivity contribution in [2.75, 3.05) is 5.32 Å². The molecular weight excluding hydrogens is 311 g/mol. The smallest absolute Gasteiger partial charge is 0.326 e. The molecule has 0 amide bonds. The van der Waals surface area contributed by atoms with Gasteiger partial charge in [-0.15, -0.1) is 0 Å². The number of nitrogens with one attached hydrogen (secondary N) is 1. The molecule has 0 heterocycles. The van der Waals surface area contributed by atoms with Crippen molar-refractivity contribution < 1.29 is 19.2 Å². The van der Waals surface area contributed by atoms with Crippen molar-refractivity contribution in [3.63, 3.8) is 0 Å². The molecule has 0 spiro atoms. The monoisotopic (exact) mass is 320 g/mol. The molecule has 1 aromatic rings. The lowest BCUT2D eigenvalue weighted by Gasteiger charge is -2.14. The van der Waals surface area contributed by atoms with Gasteiger partial charge < -0.3 is 10.4 Å². The van der Waals surface area contributed by atoms with E-state index in [4.69, 9.17) is 5.11 Å². The molecule has 0 saturated heterocycles. The lowest BCUT2D eigenvalue weighted by atomic mass is 10.2. The van der Waals surface area contributed by atoms with Gasteiger partial charge in [0.1, 0.15) is 17.5 Å². The number of rotatable bonds is 5. The maximum atomic E-state index is 13.2. The predicted molar refractivity (Wildman–Crippen MR) is 66.1 cm³/mol. The highest BCUT2D eigenvalue weighted by Crippen LogP contribution is 2.31. The number of halogens is 2. The molecule has 0 bridgehead atoms. The zero-order valence-corrected chi connectivity index (χ0v) is 10.9. The van der Waals surface area contributed by atoms with Crippen molar-refractivity contribution >= 4 is 33.3 Å². The van der Waals surface area contributed by atoms with Gasteiger partial charge in [0, 0.05) is 0 Å². The molecule has 1 rings (SSSR count). The van der Waals surface area contributed by atoms with Gasteiger partial charge in [0.2, 0.25) is 0 Å². The molecule has 8 heteroatoms. The summed E-state index contributed by atoms with van der Waals surface area (Å²) in [6.45, 7) is 1.62. The highest BCUT2D eigenvalue weighted by atomic mass is 79.9. The summed E-state index contributed by atoms with van der Waals surface area (Å²) in [5, 5.41) is 22.1. The number of hydrogen-bond acceptors (Lipinski definition) is 4. The van der Waals surface area contributed by atoms with Gasteiger partial charge in [-0.2, -0.15) is 0 Å². The summed E-state index contributed by atoms with van der Waals surface area (Å²) in [6.07, 6.45) is 0.238. The molecule has 1 atom stereocenters. The van der Waals surface area contributed by atoms with Crippen molar-refractivity contribution in [2.24, 2.45) is 0 Å². The molecule has 6 nitrogen and oxygen atoms in total. The summed E-state index contributed by atoms with van der Waals surface area (Å²) in [5.41, 5.74) is -0.544. The van der Waals surface area contributed by atoms with Gasteiger partial charge in [-0.3, -0.25) is 10.1 Å². The highest BCUT2D eigenvalue weighted by Gasteiger charge is 2.22. The topological polar surface area (TPSA) is 92.5 Å². The van der Waals surface area contributed by atoms with Crippen LogP contribution in [0.4, 0.5) is 15.8 Å². The Morgan fingerprint density at radius 3 is 2.72 bits per heavy atom. The molecule has 98 valence electrons. The summed E-state index contributed by atoms with van der Waals surface area (Å²) < 4.78 is 13.2. The Balaban J connectivity index is 3.18. The van der Waals surface area contributed by atoms with Gasteiger partial charge in [-0.05, 0) is 28.4 Å². The first-order chi connectivity index (χ1) is 8.36. The number of carboxylic acid groups (broad SMARTS) is 1. The summed E-state index contributed by atoms with van der Waals surface area (Å²) in [7, 11) is 0. The predicted octanol–water partition coefficient (Wildman–Crippen LogP) is 2.77. The summed E-state index contributed by atoms with van der Waals surface area (Å²) in [6, 6.07) is 0.918. The minimum absolute atomic E-state index is 0.0239. The number of carbonyl (C=O) groups is 1. The third kappa shape index (κ3) is 3.16. The van der Waals surface area contributed by atoms with Crippen LogP contribution in [0, 0.1) is 15.9 Å². The Labute approximate surface area is 110 Å². The van der Waals surface area contributed by atoms with Crippen molar-refractivity contribution in [3.8, 4) is 0 Å². The second kappa shape index (κ2) is 5.76. The second-order valence-corrected chi connectivity index (χ2v) is 4.34. The van der Waals surface area contributed by atoms with E-state index >= 15 is 0 Å². The Hall–Kier alpha value is -1.70. The quantitative estimate of drug-likeness (QED) is 0.642. The van der Waals surface area contributed by atoms with Crippen molar-refractivity contribution in [3.05, 3.63) is 32.5 Å². The van der Waals surface area contributed by atoms with Crippen LogP contribution >= 0.6 is 15.9 Å². The minimum Gasteiger partial charge on any atom is -0.480 e.